The van der Waals surface area contributed by atoms with Gasteiger partial charge in [-0.25, -0.2) is 0 Å². The first-order valence-corrected chi connectivity index (χ1v) is 5.39. The molecule has 0 spiro atoms. The van der Waals surface area contributed by atoms with E-state index in [1.807, 2.05) is 0 Å². The van der Waals surface area contributed by atoms with Crippen molar-refractivity contribution in [3.8, 4) is 0 Å². The fraction of sp³-hybridized carbons (Fsp3) is 0.583. The normalized spacial score (nSPS) is 21.4. The van der Waals surface area contributed by atoms with Gasteiger partial charge in [0.2, 0.25) is 0 Å². The summed E-state index contributed by atoms with van der Waals surface area (Å²) < 4.78 is 0. The number of aryl methyl sites for hydroxylation is 2. The summed E-state index contributed by atoms with van der Waals surface area (Å²) in [6, 6.07) is 4.43. The lowest BCUT2D eigenvalue weighted by Gasteiger charge is -2.09. The SMILES string of the molecule is Cc1cc(C[C@H]2CCNC2)cc(C)n1. The summed E-state index contributed by atoms with van der Waals surface area (Å²) >= 11 is 0. The van der Waals surface area contributed by atoms with Crippen LogP contribution in [0.5, 0.6) is 0 Å². The third kappa shape index (κ3) is 2.32. The lowest BCUT2D eigenvalue weighted by Crippen LogP contribution is -2.11. The van der Waals surface area contributed by atoms with Gasteiger partial charge in [-0.3, -0.25) is 4.98 Å². The second kappa shape index (κ2) is 4.09. The molecule has 0 bridgehead atoms. The van der Waals surface area contributed by atoms with E-state index in [1.165, 1.54) is 31.5 Å². The van der Waals surface area contributed by atoms with E-state index < -0.39 is 0 Å². The van der Waals surface area contributed by atoms with Crippen molar-refractivity contribution in [2.75, 3.05) is 13.1 Å². The highest BCUT2D eigenvalue weighted by molar-refractivity contribution is 5.21. The monoisotopic (exact) mass is 190 g/mol. The molecule has 14 heavy (non-hydrogen) atoms. The van der Waals surface area contributed by atoms with E-state index >= 15 is 0 Å². The van der Waals surface area contributed by atoms with E-state index in [0.717, 1.165) is 17.3 Å². The summed E-state index contributed by atoms with van der Waals surface area (Å²) in [7, 11) is 0. The quantitative estimate of drug-likeness (QED) is 0.770. The van der Waals surface area contributed by atoms with Crippen LogP contribution in [0.3, 0.4) is 0 Å². The molecule has 1 fully saturated rings. The van der Waals surface area contributed by atoms with Gasteiger partial charge in [0, 0.05) is 11.4 Å². The predicted molar refractivity (Wildman–Crippen MR) is 58.4 cm³/mol. The Morgan fingerprint density at radius 3 is 2.64 bits per heavy atom. The molecule has 2 nitrogen and oxygen atoms in total. The van der Waals surface area contributed by atoms with Crippen LogP contribution in [0, 0.1) is 19.8 Å². The van der Waals surface area contributed by atoms with Crippen LogP contribution < -0.4 is 5.32 Å². The van der Waals surface area contributed by atoms with Crippen molar-refractivity contribution in [2.45, 2.75) is 26.7 Å². The van der Waals surface area contributed by atoms with Crippen molar-refractivity contribution < 1.29 is 0 Å². The summed E-state index contributed by atoms with van der Waals surface area (Å²) in [6.07, 6.45) is 2.53. The highest BCUT2D eigenvalue weighted by Gasteiger charge is 2.14. The Balaban J connectivity index is 2.07. The molecule has 2 rings (SSSR count). The van der Waals surface area contributed by atoms with Crippen LogP contribution >= 0.6 is 0 Å². The van der Waals surface area contributed by atoms with E-state index in [-0.39, 0.29) is 0 Å². The Labute approximate surface area is 85.7 Å². The average Bonchev–Trinajstić information content (AvgIpc) is 2.54. The van der Waals surface area contributed by atoms with Gasteiger partial charge in [0.05, 0.1) is 0 Å². The van der Waals surface area contributed by atoms with Gasteiger partial charge in [-0.05, 0) is 63.4 Å². The maximum atomic E-state index is 4.39. The largest absolute Gasteiger partial charge is 0.316 e. The van der Waals surface area contributed by atoms with Gasteiger partial charge in [0.1, 0.15) is 0 Å². The molecule has 0 radical (unpaired) electrons. The molecular formula is C12H18N2. The molecule has 1 N–H and O–H groups in total. The molecule has 1 aromatic rings. The van der Waals surface area contributed by atoms with Gasteiger partial charge in [-0.2, -0.15) is 0 Å². The topological polar surface area (TPSA) is 24.9 Å². The van der Waals surface area contributed by atoms with Crippen molar-refractivity contribution in [3.63, 3.8) is 0 Å². The van der Waals surface area contributed by atoms with E-state index in [9.17, 15) is 0 Å². The molecule has 1 aliphatic rings. The van der Waals surface area contributed by atoms with Gasteiger partial charge < -0.3 is 5.32 Å². The first-order valence-electron chi connectivity index (χ1n) is 5.39. The smallest absolute Gasteiger partial charge is 0.0378 e. The van der Waals surface area contributed by atoms with Crippen LogP contribution in [0.4, 0.5) is 0 Å². The van der Waals surface area contributed by atoms with Gasteiger partial charge in [0.25, 0.3) is 0 Å². The van der Waals surface area contributed by atoms with Gasteiger partial charge in [-0.1, -0.05) is 0 Å². The summed E-state index contributed by atoms with van der Waals surface area (Å²) in [5, 5.41) is 3.41. The lowest BCUT2D eigenvalue weighted by atomic mass is 9.98. The Hall–Kier alpha value is -0.890. The van der Waals surface area contributed by atoms with E-state index in [0.29, 0.717) is 0 Å². The first kappa shape index (κ1) is 9.66. The Kier molecular flexibility index (Phi) is 2.82. The summed E-state index contributed by atoms with van der Waals surface area (Å²) in [5.41, 5.74) is 3.74. The molecule has 1 atom stereocenters. The van der Waals surface area contributed by atoms with Crippen LogP contribution in [-0.2, 0) is 6.42 Å². The Morgan fingerprint density at radius 1 is 1.36 bits per heavy atom. The van der Waals surface area contributed by atoms with Crippen molar-refractivity contribution >= 4 is 0 Å². The molecule has 1 aliphatic heterocycles. The van der Waals surface area contributed by atoms with Crippen LogP contribution in [0.15, 0.2) is 12.1 Å². The van der Waals surface area contributed by atoms with Crippen LogP contribution in [0.1, 0.15) is 23.4 Å². The maximum Gasteiger partial charge on any atom is 0.0378 e. The van der Waals surface area contributed by atoms with E-state index in [4.69, 9.17) is 0 Å². The minimum absolute atomic E-state index is 0.830. The number of nitrogens with one attached hydrogen (secondary N) is 1. The number of hydrogen-bond acceptors (Lipinski definition) is 2. The van der Waals surface area contributed by atoms with Crippen LogP contribution in [-0.4, -0.2) is 18.1 Å². The fourth-order valence-electron chi connectivity index (χ4n) is 2.26. The second-order valence-electron chi connectivity index (χ2n) is 4.32. The van der Waals surface area contributed by atoms with Gasteiger partial charge in [0.15, 0.2) is 0 Å². The molecule has 2 heterocycles. The number of aromatic nitrogens is 1. The molecule has 1 aromatic heterocycles. The number of hydrogen-bond donors (Lipinski definition) is 1. The molecule has 2 heteroatoms. The lowest BCUT2D eigenvalue weighted by molar-refractivity contribution is 0.579. The fourth-order valence-corrected chi connectivity index (χ4v) is 2.26. The minimum atomic E-state index is 0.830. The van der Waals surface area contributed by atoms with E-state index in [2.05, 4.69) is 36.3 Å². The zero-order valence-corrected chi connectivity index (χ0v) is 9.01. The summed E-state index contributed by atoms with van der Waals surface area (Å²) in [6.45, 7) is 6.51. The van der Waals surface area contributed by atoms with Crippen molar-refractivity contribution in [1.29, 1.82) is 0 Å². The molecule has 0 aromatic carbocycles. The molecule has 0 saturated carbocycles. The average molecular weight is 190 g/mol. The molecule has 0 unspecified atom stereocenters. The summed E-state index contributed by atoms with van der Waals surface area (Å²) in [5.74, 6) is 0.830. The maximum absolute atomic E-state index is 4.39. The second-order valence-corrected chi connectivity index (χ2v) is 4.32. The van der Waals surface area contributed by atoms with Crippen LogP contribution in [0.25, 0.3) is 0 Å². The third-order valence-corrected chi connectivity index (χ3v) is 2.83. The van der Waals surface area contributed by atoms with Gasteiger partial charge >= 0.3 is 0 Å². The van der Waals surface area contributed by atoms with Crippen molar-refractivity contribution in [3.05, 3.63) is 29.1 Å². The van der Waals surface area contributed by atoms with Crippen molar-refractivity contribution in [1.82, 2.24) is 10.3 Å². The highest BCUT2D eigenvalue weighted by Crippen LogP contribution is 2.16. The number of rotatable bonds is 2. The Morgan fingerprint density at radius 2 is 2.07 bits per heavy atom. The standard InChI is InChI=1S/C12H18N2/c1-9-5-12(6-10(2)14-9)7-11-3-4-13-8-11/h5-6,11,13H,3-4,7-8H2,1-2H3/t11-/m1/s1. The molecule has 76 valence electrons. The number of nitrogens with zero attached hydrogens (tertiary/aromatic N) is 1. The third-order valence-electron chi connectivity index (χ3n) is 2.83. The van der Waals surface area contributed by atoms with E-state index in [1.54, 1.807) is 0 Å². The molecular weight excluding hydrogens is 172 g/mol. The van der Waals surface area contributed by atoms with Gasteiger partial charge in [-0.15, -0.1) is 0 Å². The van der Waals surface area contributed by atoms with Crippen molar-refractivity contribution in [2.24, 2.45) is 5.92 Å². The molecule has 1 saturated heterocycles. The minimum Gasteiger partial charge on any atom is -0.316 e. The predicted octanol–water partition coefficient (Wildman–Crippen LogP) is 1.85. The Bertz CT molecular complexity index is 294. The number of pyridine rings is 1. The zero-order valence-electron chi connectivity index (χ0n) is 9.01. The highest BCUT2D eigenvalue weighted by atomic mass is 14.9. The zero-order chi connectivity index (χ0) is 9.97. The summed E-state index contributed by atoms with van der Waals surface area (Å²) in [4.78, 5) is 4.39. The first-order chi connectivity index (χ1) is 6.74. The van der Waals surface area contributed by atoms with Crippen LogP contribution in [0.2, 0.25) is 0 Å². The molecule has 0 aliphatic carbocycles. The molecule has 0 amide bonds.